The van der Waals surface area contributed by atoms with Gasteiger partial charge in [0.2, 0.25) is 0 Å². The summed E-state index contributed by atoms with van der Waals surface area (Å²) in [4.78, 5) is 6.60. The van der Waals surface area contributed by atoms with Gasteiger partial charge in [0.15, 0.2) is 0 Å². The number of anilines is 1. The molecular weight excluding hydrogens is 214 g/mol. The molecule has 0 amide bonds. The van der Waals surface area contributed by atoms with Crippen molar-refractivity contribution in [2.45, 2.75) is 45.7 Å². The molecule has 4 heteroatoms. The zero-order chi connectivity index (χ0) is 12.5. The van der Waals surface area contributed by atoms with Crippen LogP contribution in [0.4, 0.5) is 6.01 Å². The maximum absolute atomic E-state index is 5.50. The first-order chi connectivity index (χ1) is 7.94. The van der Waals surface area contributed by atoms with Crippen molar-refractivity contribution in [3.63, 3.8) is 0 Å². The lowest BCUT2D eigenvalue weighted by atomic mass is 10.1. The number of aromatic nitrogens is 1. The van der Waals surface area contributed by atoms with Crippen LogP contribution in [0.5, 0.6) is 0 Å². The van der Waals surface area contributed by atoms with Crippen LogP contribution in [0.3, 0.4) is 0 Å². The number of hydrogen-bond donors (Lipinski definition) is 1. The van der Waals surface area contributed by atoms with E-state index in [0.29, 0.717) is 0 Å². The molecule has 0 unspecified atom stereocenters. The van der Waals surface area contributed by atoms with E-state index in [1.807, 2.05) is 7.05 Å². The molecule has 1 heterocycles. The fourth-order valence-electron chi connectivity index (χ4n) is 1.67. The third-order valence-electron chi connectivity index (χ3n) is 2.89. The fourth-order valence-corrected chi connectivity index (χ4v) is 1.67. The predicted molar refractivity (Wildman–Crippen MR) is 69.1 cm³/mol. The molecule has 2 rings (SSSR count). The monoisotopic (exact) mass is 237 g/mol. The van der Waals surface area contributed by atoms with Gasteiger partial charge in [0.1, 0.15) is 6.26 Å². The molecular formula is C13H23N3O. The third-order valence-corrected chi connectivity index (χ3v) is 2.89. The molecule has 0 bridgehead atoms. The molecule has 0 spiro atoms. The number of nitrogens with one attached hydrogen (secondary N) is 1. The second kappa shape index (κ2) is 4.69. The summed E-state index contributed by atoms with van der Waals surface area (Å²) in [5.74, 6) is 0.850. The maximum atomic E-state index is 5.50. The van der Waals surface area contributed by atoms with E-state index in [1.165, 1.54) is 12.8 Å². The number of nitrogens with zero attached hydrogens (tertiary/aromatic N) is 2. The Labute approximate surface area is 103 Å². The van der Waals surface area contributed by atoms with Crippen LogP contribution >= 0.6 is 0 Å². The normalized spacial score (nSPS) is 16.2. The van der Waals surface area contributed by atoms with E-state index in [9.17, 15) is 0 Å². The molecule has 1 aromatic heterocycles. The minimum Gasteiger partial charge on any atom is -0.432 e. The summed E-state index contributed by atoms with van der Waals surface area (Å²) in [6.07, 6.45) is 4.45. The van der Waals surface area contributed by atoms with E-state index >= 15 is 0 Å². The Morgan fingerprint density at radius 3 is 2.76 bits per heavy atom. The Bertz CT molecular complexity index is 363. The number of rotatable bonds is 5. The zero-order valence-corrected chi connectivity index (χ0v) is 11.3. The first-order valence-electron chi connectivity index (χ1n) is 6.34. The Balaban J connectivity index is 1.86. The van der Waals surface area contributed by atoms with Crippen molar-refractivity contribution in [1.82, 2.24) is 10.3 Å². The van der Waals surface area contributed by atoms with Crippen LogP contribution in [0.2, 0.25) is 0 Å². The number of oxazole rings is 1. The fraction of sp³-hybridized carbons (Fsp3) is 0.769. The Hall–Kier alpha value is -1.03. The molecule has 1 saturated carbocycles. The molecule has 4 nitrogen and oxygen atoms in total. The van der Waals surface area contributed by atoms with Crippen molar-refractivity contribution in [2.24, 2.45) is 5.92 Å². The van der Waals surface area contributed by atoms with Crippen LogP contribution in [-0.4, -0.2) is 24.1 Å². The van der Waals surface area contributed by atoms with Gasteiger partial charge in [-0.1, -0.05) is 0 Å². The van der Waals surface area contributed by atoms with E-state index in [-0.39, 0.29) is 5.54 Å². The van der Waals surface area contributed by atoms with Crippen molar-refractivity contribution in [3.8, 4) is 0 Å². The van der Waals surface area contributed by atoms with Crippen LogP contribution in [0.1, 0.15) is 39.3 Å². The highest BCUT2D eigenvalue weighted by atomic mass is 16.4. The summed E-state index contributed by atoms with van der Waals surface area (Å²) >= 11 is 0. The predicted octanol–water partition coefficient (Wildman–Crippen LogP) is 2.41. The van der Waals surface area contributed by atoms with Gasteiger partial charge < -0.3 is 14.6 Å². The summed E-state index contributed by atoms with van der Waals surface area (Å²) in [7, 11) is 2.05. The smallest absolute Gasteiger partial charge is 0.297 e. The molecule has 96 valence electrons. The first-order valence-corrected chi connectivity index (χ1v) is 6.34. The molecule has 1 aromatic rings. The average molecular weight is 237 g/mol. The highest BCUT2D eigenvalue weighted by Crippen LogP contribution is 2.30. The van der Waals surface area contributed by atoms with Crippen molar-refractivity contribution < 1.29 is 4.42 Å². The van der Waals surface area contributed by atoms with E-state index in [1.54, 1.807) is 6.26 Å². The molecule has 0 aromatic carbocycles. The Morgan fingerprint density at radius 1 is 1.47 bits per heavy atom. The van der Waals surface area contributed by atoms with Crippen LogP contribution < -0.4 is 10.2 Å². The molecule has 17 heavy (non-hydrogen) atoms. The summed E-state index contributed by atoms with van der Waals surface area (Å²) in [6.45, 7) is 8.25. The van der Waals surface area contributed by atoms with Gasteiger partial charge in [0.05, 0.1) is 5.69 Å². The summed E-state index contributed by atoms with van der Waals surface area (Å²) in [5.41, 5.74) is 1.08. The first kappa shape index (κ1) is 12.4. The molecule has 1 aliphatic rings. The lowest BCUT2D eigenvalue weighted by molar-refractivity contribution is 0.421. The van der Waals surface area contributed by atoms with Crippen LogP contribution in [-0.2, 0) is 6.54 Å². The molecule has 0 atom stereocenters. The third kappa shape index (κ3) is 4.04. The minimum atomic E-state index is 0.110. The topological polar surface area (TPSA) is 41.3 Å². The van der Waals surface area contributed by atoms with Crippen molar-refractivity contribution >= 4 is 6.01 Å². The number of hydrogen-bond acceptors (Lipinski definition) is 4. The van der Waals surface area contributed by atoms with Gasteiger partial charge in [-0.3, -0.25) is 0 Å². The van der Waals surface area contributed by atoms with Crippen molar-refractivity contribution in [2.75, 3.05) is 18.5 Å². The maximum Gasteiger partial charge on any atom is 0.297 e. The van der Waals surface area contributed by atoms with Gasteiger partial charge in [0, 0.05) is 25.7 Å². The Morgan fingerprint density at radius 2 is 2.18 bits per heavy atom. The van der Waals surface area contributed by atoms with E-state index in [2.05, 4.69) is 36.0 Å². The van der Waals surface area contributed by atoms with Gasteiger partial charge in [-0.2, -0.15) is 4.98 Å². The molecule has 1 N–H and O–H groups in total. The van der Waals surface area contributed by atoms with Crippen LogP contribution in [0, 0.1) is 5.92 Å². The van der Waals surface area contributed by atoms with Gasteiger partial charge in [-0.25, -0.2) is 0 Å². The quantitative estimate of drug-likeness (QED) is 0.854. The zero-order valence-electron chi connectivity index (χ0n) is 11.3. The van der Waals surface area contributed by atoms with Crippen LogP contribution in [0.25, 0.3) is 0 Å². The van der Waals surface area contributed by atoms with Crippen molar-refractivity contribution in [3.05, 3.63) is 12.0 Å². The lowest BCUT2D eigenvalue weighted by Gasteiger charge is -2.19. The van der Waals surface area contributed by atoms with Gasteiger partial charge in [-0.15, -0.1) is 0 Å². The Kier molecular flexibility index (Phi) is 3.43. The largest absolute Gasteiger partial charge is 0.432 e. The highest BCUT2D eigenvalue weighted by molar-refractivity contribution is 5.25. The molecule has 0 saturated heterocycles. The second-order valence-electron chi connectivity index (χ2n) is 6.05. The summed E-state index contributed by atoms with van der Waals surface area (Å²) in [5, 5.41) is 3.40. The minimum absolute atomic E-state index is 0.110. The lowest BCUT2D eigenvalue weighted by Crippen LogP contribution is -2.35. The van der Waals surface area contributed by atoms with Gasteiger partial charge >= 0.3 is 0 Å². The summed E-state index contributed by atoms with van der Waals surface area (Å²) in [6, 6.07) is 0.739. The standard InChI is InChI=1S/C13H23N3O/c1-13(2,3)14-7-11-9-17-12(15-11)16(4)8-10-5-6-10/h9-10,14H,5-8H2,1-4H3. The molecule has 1 fully saturated rings. The van der Waals surface area contributed by atoms with Gasteiger partial charge in [0.25, 0.3) is 6.01 Å². The second-order valence-corrected chi connectivity index (χ2v) is 6.05. The van der Waals surface area contributed by atoms with Crippen molar-refractivity contribution in [1.29, 1.82) is 0 Å². The van der Waals surface area contributed by atoms with Crippen LogP contribution in [0.15, 0.2) is 10.7 Å². The average Bonchev–Trinajstić information content (AvgIpc) is 2.91. The molecule has 0 aliphatic heterocycles. The molecule has 0 radical (unpaired) electrons. The van der Waals surface area contributed by atoms with E-state index < -0.39 is 0 Å². The van der Waals surface area contributed by atoms with E-state index in [0.717, 1.165) is 30.7 Å². The molecule has 1 aliphatic carbocycles. The van der Waals surface area contributed by atoms with E-state index in [4.69, 9.17) is 4.42 Å². The summed E-state index contributed by atoms with van der Waals surface area (Å²) < 4.78 is 5.50. The van der Waals surface area contributed by atoms with Gasteiger partial charge in [-0.05, 0) is 39.5 Å². The highest BCUT2D eigenvalue weighted by Gasteiger charge is 2.24. The SMILES string of the molecule is CN(CC1CC1)c1nc(CNC(C)(C)C)co1.